The van der Waals surface area contributed by atoms with Crippen LogP contribution in [0.4, 0.5) is 13.2 Å². The van der Waals surface area contributed by atoms with Crippen LogP contribution < -0.4 is 5.32 Å². The van der Waals surface area contributed by atoms with E-state index in [1.165, 1.54) is 0 Å². The van der Waals surface area contributed by atoms with Gasteiger partial charge in [-0.1, -0.05) is 0 Å². The van der Waals surface area contributed by atoms with Crippen molar-refractivity contribution in [1.82, 2.24) is 10.2 Å². The molecule has 1 unspecified atom stereocenters. The van der Waals surface area contributed by atoms with Gasteiger partial charge < -0.3 is 15.0 Å². The molecule has 0 aromatic rings. The number of hydrogen-bond acceptors (Lipinski definition) is 3. The smallest absolute Gasteiger partial charge is 0.382 e. The second-order valence-electron chi connectivity index (χ2n) is 4.63. The maximum atomic E-state index is 12.5. The van der Waals surface area contributed by atoms with Gasteiger partial charge in [0.2, 0.25) is 11.8 Å². The van der Waals surface area contributed by atoms with Crippen LogP contribution in [0, 0.1) is 5.92 Å². The number of rotatable bonds is 7. The fourth-order valence-electron chi connectivity index (χ4n) is 2.02. The summed E-state index contributed by atoms with van der Waals surface area (Å²) in [6, 6.07) is 0. The van der Waals surface area contributed by atoms with Crippen molar-refractivity contribution in [2.45, 2.75) is 25.9 Å². The summed E-state index contributed by atoms with van der Waals surface area (Å²) in [7, 11) is 0. The Labute approximate surface area is 115 Å². The second-order valence-corrected chi connectivity index (χ2v) is 4.63. The van der Waals surface area contributed by atoms with Gasteiger partial charge in [-0.2, -0.15) is 13.2 Å². The summed E-state index contributed by atoms with van der Waals surface area (Å²) < 4.78 is 42.5. The van der Waals surface area contributed by atoms with Crippen molar-refractivity contribution in [1.29, 1.82) is 0 Å². The molecule has 0 radical (unpaired) electrons. The Morgan fingerprint density at radius 1 is 1.50 bits per heavy atom. The Kier molecular flexibility index (Phi) is 6.25. The van der Waals surface area contributed by atoms with E-state index in [4.69, 9.17) is 4.74 Å². The number of carbonyl (C=O) groups is 2. The van der Waals surface area contributed by atoms with Gasteiger partial charge in [-0.15, -0.1) is 0 Å². The van der Waals surface area contributed by atoms with Crippen LogP contribution in [0.2, 0.25) is 0 Å². The van der Waals surface area contributed by atoms with E-state index in [-0.39, 0.29) is 25.4 Å². The van der Waals surface area contributed by atoms with Gasteiger partial charge in [-0.3, -0.25) is 9.59 Å². The SMILES string of the molecule is CCOCCCN(CC(F)(F)F)C(=O)C1CNC(=O)C1. The summed E-state index contributed by atoms with van der Waals surface area (Å²) in [6.07, 6.45) is -4.15. The summed E-state index contributed by atoms with van der Waals surface area (Å²) in [5.74, 6) is -1.63. The van der Waals surface area contributed by atoms with Gasteiger partial charge in [0.15, 0.2) is 0 Å². The highest BCUT2D eigenvalue weighted by Gasteiger charge is 2.37. The lowest BCUT2D eigenvalue weighted by atomic mass is 10.1. The van der Waals surface area contributed by atoms with E-state index >= 15 is 0 Å². The molecule has 1 aliphatic rings. The summed E-state index contributed by atoms with van der Waals surface area (Å²) in [5.41, 5.74) is 0. The van der Waals surface area contributed by atoms with Gasteiger partial charge >= 0.3 is 6.18 Å². The molecule has 1 heterocycles. The van der Waals surface area contributed by atoms with Crippen molar-refractivity contribution >= 4 is 11.8 Å². The maximum absolute atomic E-state index is 12.5. The fourth-order valence-corrected chi connectivity index (χ4v) is 2.02. The standard InChI is InChI=1S/C12H19F3N2O3/c1-2-20-5-3-4-17(8-12(13,14)15)11(19)9-6-10(18)16-7-9/h9H,2-8H2,1H3,(H,16,18). The van der Waals surface area contributed by atoms with Gasteiger partial charge in [0, 0.05) is 32.7 Å². The van der Waals surface area contributed by atoms with Crippen molar-refractivity contribution in [3.05, 3.63) is 0 Å². The molecule has 1 saturated heterocycles. The molecule has 116 valence electrons. The minimum absolute atomic E-state index is 0.0248. The van der Waals surface area contributed by atoms with Gasteiger partial charge in [-0.05, 0) is 13.3 Å². The fraction of sp³-hybridized carbons (Fsp3) is 0.833. The molecule has 8 heteroatoms. The highest BCUT2D eigenvalue weighted by Crippen LogP contribution is 2.20. The van der Waals surface area contributed by atoms with Crippen LogP contribution in [0.25, 0.3) is 0 Å². The molecule has 0 aromatic carbocycles. The van der Waals surface area contributed by atoms with E-state index in [0.29, 0.717) is 19.6 Å². The number of amides is 2. The number of nitrogens with zero attached hydrogens (tertiary/aromatic N) is 1. The van der Waals surface area contributed by atoms with Crippen LogP contribution in [-0.4, -0.2) is 55.7 Å². The molecule has 2 amide bonds. The van der Waals surface area contributed by atoms with Crippen LogP contribution in [-0.2, 0) is 14.3 Å². The maximum Gasteiger partial charge on any atom is 0.406 e. The van der Waals surface area contributed by atoms with Gasteiger partial charge in [-0.25, -0.2) is 0 Å². The van der Waals surface area contributed by atoms with Crippen LogP contribution in [0.3, 0.4) is 0 Å². The lowest BCUT2D eigenvalue weighted by molar-refractivity contribution is -0.163. The summed E-state index contributed by atoms with van der Waals surface area (Å²) in [4.78, 5) is 23.8. The summed E-state index contributed by atoms with van der Waals surface area (Å²) in [5, 5.41) is 2.45. The highest BCUT2D eigenvalue weighted by atomic mass is 19.4. The van der Waals surface area contributed by atoms with Crippen molar-refractivity contribution in [2.75, 3.05) is 32.8 Å². The second kappa shape index (κ2) is 7.47. The molecule has 0 aromatic heterocycles. The third-order valence-electron chi connectivity index (χ3n) is 2.93. The zero-order valence-corrected chi connectivity index (χ0v) is 11.3. The molecule has 1 fully saturated rings. The van der Waals surface area contributed by atoms with Crippen LogP contribution in [0.15, 0.2) is 0 Å². The van der Waals surface area contributed by atoms with Crippen LogP contribution in [0.5, 0.6) is 0 Å². The van der Waals surface area contributed by atoms with Crippen LogP contribution >= 0.6 is 0 Å². The van der Waals surface area contributed by atoms with E-state index in [9.17, 15) is 22.8 Å². The van der Waals surface area contributed by atoms with Gasteiger partial charge in [0.05, 0.1) is 5.92 Å². The van der Waals surface area contributed by atoms with Gasteiger partial charge in [0.25, 0.3) is 0 Å². The molecular formula is C12H19F3N2O3. The Balaban J connectivity index is 2.56. The molecule has 0 saturated carbocycles. The van der Waals surface area contributed by atoms with Crippen molar-refractivity contribution in [2.24, 2.45) is 5.92 Å². The molecule has 1 aliphatic heterocycles. The average molecular weight is 296 g/mol. The molecule has 1 atom stereocenters. The summed E-state index contributed by atoms with van der Waals surface area (Å²) in [6.45, 7) is 1.37. The molecule has 0 spiro atoms. The molecule has 1 rings (SSSR count). The quantitative estimate of drug-likeness (QED) is 0.711. The largest absolute Gasteiger partial charge is 0.406 e. The first-order valence-electron chi connectivity index (χ1n) is 6.53. The number of alkyl halides is 3. The Hall–Kier alpha value is -1.31. The predicted octanol–water partition coefficient (Wildman–Crippen LogP) is 0.940. The first-order valence-corrected chi connectivity index (χ1v) is 6.53. The molecule has 5 nitrogen and oxygen atoms in total. The zero-order chi connectivity index (χ0) is 15.2. The Morgan fingerprint density at radius 2 is 2.20 bits per heavy atom. The normalized spacial score (nSPS) is 19.0. The average Bonchev–Trinajstić information content (AvgIpc) is 2.77. The summed E-state index contributed by atoms with van der Waals surface area (Å²) >= 11 is 0. The molecule has 20 heavy (non-hydrogen) atoms. The highest BCUT2D eigenvalue weighted by molar-refractivity contribution is 5.89. The molecule has 0 aliphatic carbocycles. The number of nitrogens with one attached hydrogen (secondary N) is 1. The first kappa shape index (κ1) is 16.7. The monoisotopic (exact) mass is 296 g/mol. The third-order valence-corrected chi connectivity index (χ3v) is 2.93. The number of ether oxygens (including phenoxy) is 1. The van der Waals surface area contributed by atoms with E-state index in [2.05, 4.69) is 5.32 Å². The number of halogens is 3. The van der Waals surface area contributed by atoms with E-state index in [1.807, 2.05) is 0 Å². The van der Waals surface area contributed by atoms with E-state index in [0.717, 1.165) is 4.90 Å². The lowest BCUT2D eigenvalue weighted by Crippen LogP contribution is -2.43. The minimum atomic E-state index is -4.45. The van der Waals surface area contributed by atoms with Crippen molar-refractivity contribution < 1.29 is 27.5 Å². The molecule has 0 bridgehead atoms. The van der Waals surface area contributed by atoms with Crippen LogP contribution in [0.1, 0.15) is 19.8 Å². The van der Waals surface area contributed by atoms with Crippen molar-refractivity contribution in [3.63, 3.8) is 0 Å². The van der Waals surface area contributed by atoms with Crippen molar-refractivity contribution in [3.8, 4) is 0 Å². The predicted molar refractivity (Wildman–Crippen MR) is 64.9 cm³/mol. The van der Waals surface area contributed by atoms with Gasteiger partial charge in [0.1, 0.15) is 6.54 Å². The number of carbonyl (C=O) groups excluding carboxylic acids is 2. The Morgan fingerprint density at radius 3 is 2.70 bits per heavy atom. The molecular weight excluding hydrogens is 277 g/mol. The minimum Gasteiger partial charge on any atom is -0.382 e. The zero-order valence-electron chi connectivity index (χ0n) is 11.3. The first-order chi connectivity index (χ1) is 9.33. The third kappa shape index (κ3) is 5.77. The number of hydrogen-bond donors (Lipinski definition) is 1. The Bertz CT molecular complexity index is 347. The lowest BCUT2D eigenvalue weighted by Gasteiger charge is -2.26. The molecule has 1 N–H and O–H groups in total. The topological polar surface area (TPSA) is 58.6 Å². The van der Waals surface area contributed by atoms with E-state index < -0.39 is 24.5 Å². The van der Waals surface area contributed by atoms with E-state index in [1.54, 1.807) is 6.92 Å².